The van der Waals surface area contributed by atoms with Crippen molar-refractivity contribution < 1.29 is 154 Å². The van der Waals surface area contributed by atoms with Crippen molar-refractivity contribution in [3.05, 3.63) is 0 Å². The Labute approximate surface area is 378 Å². The summed E-state index contributed by atoms with van der Waals surface area (Å²) in [5, 5.41) is 211. The van der Waals surface area contributed by atoms with Crippen LogP contribution in [-0.4, -0.2) is 326 Å². The van der Waals surface area contributed by atoms with Gasteiger partial charge in [0.2, 0.25) is 5.79 Å². The van der Waals surface area contributed by atoms with Crippen molar-refractivity contribution in [1.29, 1.82) is 0 Å². The van der Waals surface area contributed by atoms with Crippen LogP contribution in [0.4, 0.5) is 0 Å². The molecule has 0 saturated carbocycles. The molecule has 0 amide bonds. The van der Waals surface area contributed by atoms with Gasteiger partial charge in [0.1, 0.15) is 147 Å². The van der Waals surface area contributed by atoms with E-state index < -0.39 is 224 Å². The van der Waals surface area contributed by atoms with Crippen LogP contribution in [0.3, 0.4) is 0 Å². The van der Waals surface area contributed by atoms with Crippen molar-refractivity contribution in [2.75, 3.05) is 46.2 Å². The second-order valence-electron chi connectivity index (χ2n) is 16.8. The van der Waals surface area contributed by atoms with Gasteiger partial charge in [-0.25, -0.2) is 0 Å². The topological polar surface area (TPSA) is 506 Å². The average Bonchev–Trinajstić information content (AvgIpc) is 3.58. The fourth-order valence-corrected chi connectivity index (χ4v) is 8.57. The Bertz CT molecular complexity index is 1520. The van der Waals surface area contributed by atoms with E-state index in [9.17, 15) is 102 Å². The number of aliphatic hydroxyl groups excluding tert-OH is 20. The Hall–Kier alpha value is -1.24. The first-order chi connectivity index (χ1) is 31.8. The van der Waals surface area contributed by atoms with E-state index in [4.69, 9.17) is 52.1 Å². The van der Waals surface area contributed by atoms with Crippen LogP contribution in [0.2, 0.25) is 0 Å². The Morgan fingerprint density at radius 3 is 0.940 bits per heavy atom. The minimum atomic E-state index is -2.73. The van der Waals surface area contributed by atoms with E-state index in [0.29, 0.717) is 0 Å². The predicted octanol–water partition coefficient (Wildman–Crippen LogP) is -14.1. The second-order valence-corrected chi connectivity index (χ2v) is 16.8. The molecule has 392 valence electrons. The number of hydrogen-bond acceptors (Lipinski definition) is 31. The highest BCUT2D eigenvalue weighted by molar-refractivity contribution is 5.02. The lowest BCUT2D eigenvalue weighted by Crippen LogP contribution is -2.68. The van der Waals surface area contributed by atoms with Gasteiger partial charge < -0.3 is 154 Å². The molecule has 31 heteroatoms. The number of hydrogen-bond donors (Lipinski definition) is 20. The van der Waals surface area contributed by atoms with E-state index >= 15 is 0 Å². The first kappa shape index (κ1) is 55.1. The lowest BCUT2D eigenvalue weighted by atomic mass is 9.95. The molecule has 0 aromatic heterocycles. The van der Waals surface area contributed by atoms with Crippen LogP contribution in [0.5, 0.6) is 0 Å². The second kappa shape index (κ2) is 23.1. The maximum Gasteiger partial charge on any atom is 0.224 e. The van der Waals surface area contributed by atoms with E-state index in [1.807, 2.05) is 0 Å². The summed E-state index contributed by atoms with van der Waals surface area (Å²) in [4.78, 5) is 0. The summed E-state index contributed by atoms with van der Waals surface area (Å²) in [6.45, 7) is -7.20. The Kier molecular flexibility index (Phi) is 19.0. The molecule has 6 aliphatic heterocycles. The lowest BCUT2D eigenvalue weighted by Gasteiger charge is -2.49. The van der Waals surface area contributed by atoms with Crippen molar-refractivity contribution in [3.63, 3.8) is 0 Å². The summed E-state index contributed by atoms with van der Waals surface area (Å²) >= 11 is 0. The fourth-order valence-electron chi connectivity index (χ4n) is 8.57. The molecule has 6 heterocycles. The van der Waals surface area contributed by atoms with Crippen LogP contribution in [0.1, 0.15) is 0 Å². The van der Waals surface area contributed by atoms with Gasteiger partial charge >= 0.3 is 0 Å². The van der Waals surface area contributed by atoms with E-state index in [0.717, 1.165) is 0 Å². The van der Waals surface area contributed by atoms with Crippen LogP contribution in [0.25, 0.3) is 0 Å². The number of aliphatic hydroxyl groups is 20. The molecule has 20 N–H and O–H groups in total. The minimum absolute atomic E-state index is 0.878. The molecule has 6 aliphatic rings. The predicted molar refractivity (Wildman–Crippen MR) is 199 cm³/mol. The largest absolute Gasteiger partial charge is 0.394 e. The third-order valence-electron chi connectivity index (χ3n) is 12.5. The monoisotopic (exact) mass is 990 g/mol. The van der Waals surface area contributed by atoms with Crippen molar-refractivity contribution >= 4 is 0 Å². The van der Waals surface area contributed by atoms with Crippen molar-refractivity contribution in [2.24, 2.45) is 0 Å². The molecule has 6 fully saturated rings. The van der Waals surface area contributed by atoms with Gasteiger partial charge in [0.25, 0.3) is 0 Å². The van der Waals surface area contributed by atoms with Gasteiger partial charge in [-0.1, -0.05) is 0 Å². The standard InChI is InChI=1S/C36H62O31/c37-1-8-14(44)20(50)22(52)31(57-8)62-27-16(46)10(3-39)59-33(24(27)54)63-28-17(47)11(4-40)60-34(25(28)55)64-29-18(48)12(5-41)61-35(26(29)56)67-36(7-43)30(19(49)13(6-42)66-36)65-32-23(53)21(51)15(45)9(2-38)58-32/h8-35,37-56H,1-7H2/t8-,9-,10-,11-,12-,13+,14-,15-,16-,17-,18-,19+,20+,21+,22-,23-,24-,25-,26-,27+,28+,29+,30-,31+,32+,33+,34+,35+,36+/m0/s1. The van der Waals surface area contributed by atoms with Gasteiger partial charge in [0.15, 0.2) is 31.5 Å². The van der Waals surface area contributed by atoms with Gasteiger partial charge in [-0.2, -0.15) is 0 Å². The van der Waals surface area contributed by atoms with E-state index in [2.05, 4.69) is 0 Å². The first-order valence-corrected chi connectivity index (χ1v) is 21.1. The van der Waals surface area contributed by atoms with Gasteiger partial charge in [-0.15, -0.1) is 0 Å². The highest BCUT2D eigenvalue weighted by Gasteiger charge is 2.62. The molecule has 0 unspecified atom stereocenters. The van der Waals surface area contributed by atoms with Gasteiger partial charge in [-0.3, -0.25) is 0 Å². The Balaban J connectivity index is 1.21. The third-order valence-corrected chi connectivity index (χ3v) is 12.5. The zero-order valence-electron chi connectivity index (χ0n) is 35.1. The van der Waals surface area contributed by atoms with Crippen LogP contribution in [0.15, 0.2) is 0 Å². The third kappa shape index (κ3) is 10.8. The van der Waals surface area contributed by atoms with Gasteiger partial charge in [-0.05, 0) is 0 Å². The van der Waals surface area contributed by atoms with Gasteiger partial charge in [0.05, 0.1) is 39.6 Å². The molecule has 0 spiro atoms. The van der Waals surface area contributed by atoms with E-state index in [1.54, 1.807) is 0 Å². The van der Waals surface area contributed by atoms with Crippen molar-refractivity contribution in [3.8, 4) is 0 Å². The highest BCUT2D eigenvalue weighted by Crippen LogP contribution is 2.41. The summed E-state index contributed by atoms with van der Waals surface area (Å²) in [5.41, 5.74) is 0. The smallest absolute Gasteiger partial charge is 0.224 e. The molecular weight excluding hydrogens is 928 g/mol. The lowest BCUT2D eigenvalue weighted by molar-refractivity contribution is -0.413. The van der Waals surface area contributed by atoms with Crippen LogP contribution in [0, 0.1) is 0 Å². The van der Waals surface area contributed by atoms with Crippen LogP contribution >= 0.6 is 0 Å². The summed E-state index contributed by atoms with van der Waals surface area (Å²) in [5.74, 6) is -2.73. The maximum atomic E-state index is 11.6. The fraction of sp³-hybridized carbons (Fsp3) is 1.00. The average molecular weight is 991 g/mol. The first-order valence-electron chi connectivity index (χ1n) is 21.1. The Morgan fingerprint density at radius 1 is 0.299 bits per heavy atom. The summed E-state index contributed by atoms with van der Waals surface area (Å²) < 4.78 is 61.4. The van der Waals surface area contributed by atoms with E-state index in [1.165, 1.54) is 0 Å². The van der Waals surface area contributed by atoms with Crippen LogP contribution in [-0.2, 0) is 52.1 Å². The van der Waals surface area contributed by atoms with E-state index in [-0.39, 0.29) is 0 Å². The van der Waals surface area contributed by atoms with Crippen LogP contribution < -0.4 is 0 Å². The van der Waals surface area contributed by atoms with Crippen molar-refractivity contribution in [2.45, 2.75) is 178 Å². The zero-order valence-corrected chi connectivity index (χ0v) is 35.1. The number of ether oxygens (including phenoxy) is 11. The van der Waals surface area contributed by atoms with Gasteiger partial charge in [0, 0.05) is 0 Å². The summed E-state index contributed by atoms with van der Waals surface area (Å²) in [6.07, 6.45) is -55.0. The Morgan fingerprint density at radius 2 is 0.597 bits per heavy atom. The highest BCUT2D eigenvalue weighted by atomic mass is 16.8. The van der Waals surface area contributed by atoms with Crippen molar-refractivity contribution in [1.82, 2.24) is 0 Å². The molecule has 6 saturated heterocycles. The SMILES string of the molecule is OC[C@@H]1O[C@H](O[C@H]2[C@H](O)[C@@H](CO)O[C@]2(CO)O[C@H]2O[C@@H](CO)[C@H](O)[C@@H](O[C@H]3O[C@@H](CO)[C@H](O)[C@@H](O[C@H]4O[C@@H](CO)[C@H](O)[C@@H](O[C@H]5O[C@@H](CO)[C@H](O)[C@@H](O)[C@@H]5O)[C@@H]4O)[C@@H]3O)[C@@H]2O)[C@@H](O)[C@H](O)[C@H]1O. The molecule has 31 nitrogen and oxygen atoms in total. The normalized spacial score (nSPS) is 53.2. The maximum absolute atomic E-state index is 11.6. The molecule has 6 rings (SSSR count). The number of rotatable bonds is 17. The molecule has 29 atom stereocenters. The molecule has 67 heavy (non-hydrogen) atoms. The molecule has 0 radical (unpaired) electrons. The quantitative estimate of drug-likeness (QED) is 0.0643. The molecule has 0 aromatic carbocycles. The molecule has 0 aromatic rings. The summed E-state index contributed by atoms with van der Waals surface area (Å²) in [7, 11) is 0. The summed E-state index contributed by atoms with van der Waals surface area (Å²) in [6, 6.07) is 0. The molecule has 0 aliphatic carbocycles. The molecule has 0 bridgehead atoms. The molecular formula is C36H62O31. The zero-order chi connectivity index (χ0) is 49.4. The minimum Gasteiger partial charge on any atom is -0.394 e.